The van der Waals surface area contributed by atoms with Crippen molar-refractivity contribution >= 4 is 30.2 Å². The van der Waals surface area contributed by atoms with Gasteiger partial charge in [0.1, 0.15) is 30.7 Å². The van der Waals surface area contributed by atoms with Crippen LogP contribution in [-0.4, -0.2) is 99.3 Å². The number of aliphatic hydroxyl groups excluding tert-OH is 3. The van der Waals surface area contributed by atoms with E-state index in [4.69, 9.17) is 14.2 Å². The van der Waals surface area contributed by atoms with Crippen molar-refractivity contribution < 1.29 is 58.6 Å². The van der Waals surface area contributed by atoms with E-state index in [9.17, 15) is 44.4 Å². The summed E-state index contributed by atoms with van der Waals surface area (Å²) < 4.78 is 15.7. The standard InChI is InChI=1S/C28H36N2O12/c31-16-40-15-18-9-8-17(14-19(18)41-28-25(37)23(35)24(36)26(42-28)27(38)39)6-3-4-12-29-20(32)7-2-1-5-13-30-21(33)10-11-22(30)34/h8-11,14,16,23-26,28,35-37H,1-7,12-13,15H2,(H,29,32)(H,38,39)/t23-,24-,25+,26-,28+/m1/s1. The Morgan fingerprint density at radius 1 is 0.976 bits per heavy atom. The molecule has 0 bridgehead atoms. The molecule has 230 valence electrons. The second-order valence-electron chi connectivity index (χ2n) is 9.98. The molecule has 3 amide bonds. The fraction of sp³-hybridized carbons (Fsp3) is 0.536. The number of aliphatic carboxylic acids is 1. The van der Waals surface area contributed by atoms with Gasteiger partial charge in [0.05, 0.1) is 0 Å². The van der Waals surface area contributed by atoms with Gasteiger partial charge >= 0.3 is 5.97 Å². The van der Waals surface area contributed by atoms with Crippen molar-refractivity contribution in [2.75, 3.05) is 13.1 Å². The summed E-state index contributed by atoms with van der Waals surface area (Å²) in [5, 5.41) is 42.4. The number of rotatable bonds is 17. The summed E-state index contributed by atoms with van der Waals surface area (Å²) in [6.07, 6.45) is -2.12. The van der Waals surface area contributed by atoms with Crippen LogP contribution >= 0.6 is 0 Å². The zero-order chi connectivity index (χ0) is 30.6. The van der Waals surface area contributed by atoms with Crippen molar-refractivity contribution in [1.82, 2.24) is 10.2 Å². The Morgan fingerprint density at radius 3 is 2.40 bits per heavy atom. The highest BCUT2D eigenvalue weighted by atomic mass is 16.7. The quantitative estimate of drug-likeness (QED) is 0.0885. The third kappa shape index (κ3) is 9.08. The summed E-state index contributed by atoms with van der Waals surface area (Å²) in [6.45, 7) is 0.878. The molecule has 3 rings (SSSR count). The van der Waals surface area contributed by atoms with Gasteiger partial charge in [-0.2, -0.15) is 0 Å². The number of ether oxygens (including phenoxy) is 3. The van der Waals surface area contributed by atoms with E-state index < -0.39 is 36.7 Å². The minimum absolute atomic E-state index is 0.0850. The van der Waals surface area contributed by atoms with E-state index in [0.29, 0.717) is 63.6 Å². The van der Waals surface area contributed by atoms with Gasteiger partial charge in [-0.05, 0) is 43.7 Å². The molecule has 5 N–H and O–H groups in total. The van der Waals surface area contributed by atoms with E-state index in [1.807, 2.05) is 0 Å². The Balaban J connectivity index is 1.42. The number of hydrogen-bond acceptors (Lipinski definition) is 11. The molecule has 0 unspecified atom stereocenters. The number of unbranched alkanes of at least 4 members (excludes halogenated alkanes) is 3. The number of carbonyl (C=O) groups excluding carboxylic acids is 4. The predicted molar refractivity (Wildman–Crippen MR) is 143 cm³/mol. The van der Waals surface area contributed by atoms with Crippen LogP contribution in [0.2, 0.25) is 0 Å². The second kappa shape index (κ2) is 16.0. The fourth-order valence-corrected chi connectivity index (χ4v) is 4.54. The molecule has 42 heavy (non-hydrogen) atoms. The minimum Gasteiger partial charge on any atom is -0.479 e. The average molecular weight is 593 g/mol. The Bertz CT molecular complexity index is 1140. The summed E-state index contributed by atoms with van der Waals surface area (Å²) >= 11 is 0. The SMILES string of the molecule is O=COCc1ccc(CCCCNC(=O)CCCCCN2C(=O)C=CC2=O)cc1O[C@H]1O[C@@H](C(=O)O)[C@H](O)[C@@H](O)[C@@H]1O. The number of hydrogen-bond donors (Lipinski definition) is 5. The number of benzene rings is 1. The number of nitrogens with one attached hydrogen (secondary N) is 1. The minimum atomic E-state index is -1.86. The Labute approximate surface area is 241 Å². The van der Waals surface area contributed by atoms with Crippen LogP contribution in [0.4, 0.5) is 0 Å². The molecule has 14 heteroatoms. The molecule has 1 saturated heterocycles. The molecule has 0 radical (unpaired) electrons. The summed E-state index contributed by atoms with van der Waals surface area (Å²) in [4.78, 5) is 58.4. The van der Waals surface area contributed by atoms with E-state index in [-0.39, 0.29) is 36.6 Å². The predicted octanol–water partition coefficient (Wildman–Crippen LogP) is -0.445. The molecule has 5 atom stereocenters. The number of nitrogens with zero attached hydrogens (tertiary/aromatic N) is 1. The highest BCUT2D eigenvalue weighted by Gasteiger charge is 2.48. The largest absolute Gasteiger partial charge is 0.479 e. The van der Waals surface area contributed by atoms with Gasteiger partial charge in [0.25, 0.3) is 18.3 Å². The molecule has 1 aromatic rings. The lowest BCUT2D eigenvalue weighted by Crippen LogP contribution is -2.61. The van der Waals surface area contributed by atoms with Crippen LogP contribution in [0.15, 0.2) is 30.4 Å². The number of aliphatic hydroxyl groups is 3. The van der Waals surface area contributed by atoms with E-state index in [2.05, 4.69) is 5.32 Å². The second-order valence-corrected chi connectivity index (χ2v) is 9.98. The zero-order valence-corrected chi connectivity index (χ0v) is 22.9. The van der Waals surface area contributed by atoms with Gasteiger partial charge in [-0.25, -0.2) is 4.79 Å². The first kappa shape index (κ1) is 32.7. The molecule has 0 aromatic heterocycles. The first-order chi connectivity index (χ1) is 20.1. The van der Waals surface area contributed by atoms with E-state index in [1.54, 1.807) is 18.2 Å². The number of imide groups is 1. The van der Waals surface area contributed by atoms with Crippen molar-refractivity contribution in [2.24, 2.45) is 0 Å². The number of carboxylic acids is 1. The van der Waals surface area contributed by atoms with Crippen LogP contribution in [0.1, 0.15) is 49.7 Å². The van der Waals surface area contributed by atoms with Crippen LogP contribution in [-0.2, 0) is 46.5 Å². The van der Waals surface area contributed by atoms with E-state index >= 15 is 0 Å². The highest BCUT2D eigenvalue weighted by Crippen LogP contribution is 2.28. The first-order valence-corrected chi connectivity index (χ1v) is 13.7. The molecular weight excluding hydrogens is 556 g/mol. The smallest absolute Gasteiger partial charge is 0.335 e. The number of aryl methyl sites for hydroxylation is 1. The third-order valence-electron chi connectivity index (χ3n) is 6.90. The monoisotopic (exact) mass is 592 g/mol. The highest BCUT2D eigenvalue weighted by molar-refractivity contribution is 6.12. The number of carbonyl (C=O) groups is 5. The summed E-state index contributed by atoms with van der Waals surface area (Å²) in [5.41, 5.74) is 1.20. The Hall–Kier alpha value is -3.85. The summed E-state index contributed by atoms with van der Waals surface area (Å²) in [5.74, 6) is -2.11. The van der Waals surface area contributed by atoms with Crippen molar-refractivity contribution in [3.8, 4) is 5.75 Å². The first-order valence-electron chi connectivity index (χ1n) is 13.7. The molecule has 2 aliphatic heterocycles. The Kier molecular flexibility index (Phi) is 12.4. The van der Waals surface area contributed by atoms with Gasteiger partial charge in [0.15, 0.2) is 6.10 Å². The lowest BCUT2D eigenvalue weighted by atomic mass is 9.99. The van der Waals surface area contributed by atoms with Crippen LogP contribution in [0, 0.1) is 0 Å². The summed E-state index contributed by atoms with van der Waals surface area (Å²) in [6, 6.07) is 5.03. The normalized spacial score (nSPS) is 23.6. The third-order valence-corrected chi connectivity index (χ3v) is 6.90. The zero-order valence-electron chi connectivity index (χ0n) is 22.9. The molecule has 1 aromatic carbocycles. The maximum atomic E-state index is 12.1. The Morgan fingerprint density at radius 2 is 1.71 bits per heavy atom. The van der Waals surface area contributed by atoms with Gasteiger partial charge in [-0.1, -0.05) is 18.6 Å². The topological polar surface area (TPSA) is 209 Å². The van der Waals surface area contributed by atoms with Crippen LogP contribution in [0.25, 0.3) is 0 Å². The van der Waals surface area contributed by atoms with Crippen molar-refractivity contribution in [3.63, 3.8) is 0 Å². The lowest BCUT2D eigenvalue weighted by molar-refractivity contribution is -0.271. The van der Waals surface area contributed by atoms with Gasteiger partial charge in [-0.3, -0.25) is 24.1 Å². The molecule has 0 spiro atoms. The van der Waals surface area contributed by atoms with Gasteiger partial charge < -0.3 is 40.0 Å². The molecule has 2 heterocycles. The van der Waals surface area contributed by atoms with Crippen LogP contribution in [0.5, 0.6) is 5.75 Å². The fourth-order valence-electron chi connectivity index (χ4n) is 4.54. The summed E-state index contributed by atoms with van der Waals surface area (Å²) in [7, 11) is 0. The van der Waals surface area contributed by atoms with Gasteiger partial charge in [0, 0.05) is 37.2 Å². The van der Waals surface area contributed by atoms with Crippen molar-refractivity contribution in [3.05, 3.63) is 41.5 Å². The van der Waals surface area contributed by atoms with Gasteiger partial charge in [0.2, 0.25) is 12.2 Å². The molecular formula is C28H36N2O12. The number of carboxylic acid groups (broad SMARTS) is 1. The van der Waals surface area contributed by atoms with Crippen LogP contribution in [0.3, 0.4) is 0 Å². The molecule has 14 nitrogen and oxygen atoms in total. The van der Waals surface area contributed by atoms with Crippen LogP contribution < -0.4 is 10.1 Å². The molecule has 2 aliphatic rings. The van der Waals surface area contributed by atoms with E-state index in [0.717, 1.165) is 5.56 Å². The maximum Gasteiger partial charge on any atom is 0.335 e. The molecule has 0 aliphatic carbocycles. The average Bonchev–Trinajstić information content (AvgIpc) is 3.28. The lowest BCUT2D eigenvalue weighted by Gasteiger charge is -2.38. The van der Waals surface area contributed by atoms with Crippen molar-refractivity contribution in [2.45, 2.75) is 82.3 Å². The van der Waals surface area contributed by atoms with Crippen molar-refractivity contribution in [1.29, 1.82) is 0 Å². The molecule has 1 fully saturated rings. The number of amides is 3. The van der Waals surface area contributed by atoms with E-state index in [1.165, 1.54) is 17.1 Å². The molecule has 0 saturated carbocycles. The maximum absolute atomic E-state index is 12.1. The van der Waals surface area contributed by atoms with Gasteiger partial charge in [-0.15, -0.1) is 0 Å².